The molecule has 0 aliphatic heterocycles. The molecule has 2 rings (SSSR count). The normalized spacial score (nSPS) is 12.4. The molecular formula is C27H37NO6S. The SMILES string of the molecule is CCCCOCC(Oc1ccccc1)C(OC(C)=O)Oc1ccccc1NC(=O)CCSCCC. The summed E-state index contributed by atoms with van der Waals surface area (Å²) in [5.41, 5.74) is 0.500. The second-order valence-electron chi connectivity index (χ2n) is 7.90. The first kappa shape index (κ1) is 28.5. The van der Waals surface area contributed by atoms with Crippen molar-refractivity contribution in [2.45, 2.75) is 58.8 Å². The van der Waals surface area contributed by atoms with Crippen LogP contribution in [0, 0.1) is 0 Å². The number of thioether (sulfide) groups is 1. The van der Waals surface area contributed by atoms with Crippen molar-refractivity contribution in [2.75, 3.05) is 30.0 Å². The van der Waals surface area contributed by atoms with Crippen LogP contribution < -0.4 is 14.8 Å². The molecule has 0 fully saturated rings. The maximum absolute atomic E-state index is 12.5. The van der Waals surface area contributed by atoms with Gasteiger partial charge in [0.15, 0.2) is 6.10 Å². The molecule has 8 heteroatoms. The van der Waals surface area contributed by atoms with E-state index in [1.54, 1.807) is 36.0 Å². The van der Waals surface area contributed by atoms with Crippen molar-refractivity contribution in [1.29, 1.82) is 0 Å². The van der Waals surface area contributed by atoms with Gasteiger partial charge in [0.1, 0.15) is 11.5 Å². The predicted octanol–water partition coefficient (Wildman–Crippen LogP) is 5.69. The van der Waals surface area contributed by atoms with Gasteiger partial charge in [0.2, 0.25) is 5.91 Å². The van der Waals surface area contributed by atoms with E-state index in [4.69, 9.17) is 18.9 Å². The topological polar surface area (TPSA) is 83.1 Å². The minimum Gasteiger partial charge on any atom is -0.480 e. The number of benzene rings is 2. The van der Waals surface area contributed by atoms with Gasteiger partial charge in [0, 0.05) is 25.7 Å². The van der Waals surface area contributed by atoms with Gasteiger partial charge in [-0.3, -0.25) is 9.59 Å². The first-order chi connectivity index (χ1) is 17.0. The van der Waals surface area contributed by atoms with Gasteiger partial charge in [0.05, 0.1) is 12.3 Å². The van der Waals surface area contributed by atoms with Crippen LogP contribution in [0.25, 0.3) is 0 Å². The first-order valence-corrected chi connectivity index (χ1v) is 13.3. The predicted molar refractivity (Wildman–Crippen MR) is 140 cm³/mol. The lowest BCUT2D eigenvalue weighted by Gasteiger charge is -2.28. The Kier molecular flexibility index (Phi) is 13.7. The van der Waals surface area contributed by atoms with Gasteiger partial charge in [0.25, 0.3) is 6.29 Å². The summed E-state index contributed by atoms with van der Waals surface area (Å²) in [6.45, 7) is 6.23. The Labute approximate surface area is 212 Å². The third kappa shape index (κ3) is 11.5. The molecule has 0 aromatic heterocycles. The number of ether oxygens (including phenoxy) is 4. The highest BCUT2D eigenvalue weighted by molar-refractivity contribution is 7.99. The summed E-state index contributed by atoms with van der Waals surface area (Å²) in [5, 5.41) is 2.90. The molecule has 2 atom stereocenters. The number of nitrogens with one attached hydrogen (secondary N) is 1. The van der Waals surface area contributed by atoms with E-state index in [-0.39, 0.29) is 12.5 Å². The third-order valence-corrected chi connectivity index (χ3v) is 5.96. The van der Waals surface area contributed by atoms with Gasteiger partial charge in [-0.15, -0.1) is 0 Å². The molecular weight excluding hydrogens is 466 g/mol. The monoisotopic (exact) mass is 503 g/mol. The van der Waals surface area contributed by atoms with Gasteiger partial charge in [-0.05, 0) is 42.9 Å². The highest BCUT2D eigenvalue weighted by Gasteiger charge is 2.30. The maximum Gasteiger partial charge on any atom is 0.305 e. The van der Waals surface area contributed by atoms with E-state index in [2.05, 4.69) is 19.2 Å². The number of esters is 1. The zero-order valence-corrected chi connectivity index (χ0v) is 21.7. The van der Waals surface area contributed by atoms with Gasteiger partial charge in [-0.1, -0.05) is 50.6 Å². The second kappa shape index (κ2) is 16.8. The maximum atomic E-state index is 12.5. The van der Waals surface area contributed by atoms with Crippen LogP contribution in [0.15, 0.2) is 54.6 Å². The summed E-state index contributed by atoms with van der Waals surface area (Å²) in [6.07, 6.45) is 1.56. The Morgan fingerprint density at radius 2 is 1.69 bits per heavy atom. The van der Waals surface area contributed by atoms with E-state index in [1.165, 1.54) is 6.92 Å². The quantitative estimate of drug-likeness (QED) is 0.169. The van der Waals surface area contributed by atoms with Crippen molar-refractivity contribution < 1.29 is 28.5 Å². The molecule has 0 aliphatic carbocycles. The average molecular weight is 504 g/mol. The smallest absolute Gasteiger partial charge is 0.305 e. The van der Waals surface area contributed by atoms with Gasteiger partial charge < -0.3 is 24.3 Å². The van der Waals surface area contributed by atoms with Crippen LogP contribution in [0.4, 0.5) is 5.69 Å². The van der Waals surface area contributed by atoms with Crippen molar-refractivity contribution in [3.05, 3.63) is 54.6 Å². The number of hydrogen-bond acceptors (Lipinski definition) is 7. The fourth-order valence-corrected chi connectivity index (χ4v) is 3.87. The molecule has 0 saturated heterocycles. The number of anilines is 1. The summed E-state index contributed by atoms with van der Waals surface area (Å²) in [5.74, 6) is 2.14. The third-order valence-electron chi connectivity index (χ3n) is 4.77. The lowest BCUT2D eigenvalue weighted by Crippen LogP contribution is -2.43. The van der Waals surface area contributed by atoms with Crippen LogP contribution in [-0.4, -0.2) is 49.0 Å². The summed E-state index contributed by atoms with van der Waals surface area (Å²) in [7, 11) is 0. The van der Waals surface area contributed by atoms with E-state index in [0.717, 1.165) is 30.8 Å². The van der Waals surface area contributed by atoms with Gasteiger partial charge in [-0.25, -0.2) is 0 Å². The fraction of sp³-hybridized carbons (Fsp3) is 0.481. The van der Waals surface area contributed by atoms with Crippen LogP contribution in [0.3, 0.4) is 0 Å². The number of amides is 1. The number of carbonyl (C=O) groups excluding carboxylic acids is 2. The number of unbranched alkanes of at least 4 members (excludes halogenated alkanes) is 1. The molecule has 0 bridgehead atoms. The Morgan fingerprint density at radius 1 is 0.943 bits per heavy atom. The molecule has 2 unspecified atom stereocenters. The minimum atomic E-state index is -1.09. The van der Waals surface area contributed by atoms with Gasteiger partial charge in [-0.2, -0.15) is 11.8 Å². The summed E-state index contributed by atoms with van der Waals surface area (Å²) >= 11 is 1.75. The first-order valence-electron chi connectivity index (χ1n) is 12.1. The van der Waals surface area contributed by atoms with Crippen molar-refractivity contribution in [3.63, 3.8) is 0 Å². The molecule has 1 N–H and O–H groups in total. The van der Waals surface area contributed by atoms with Crippen molar-refractivity contribution in [2.24, 2.45) is 0 Å². The Bertz CT molecular complexity index is 879. The van der Waals surface area contributed by atoms with Gasteiger partial charge >= 0.3 is 5.97 Å². The molecule has 192 valence electrons. The molecule has 0 heterocycles. The summed E-state index contributed by atoms with van der Waals surface area (Å²) < 4.78 is 23.5. The highest BCUT2D eigenvalue weighted by atomic mass is 32.2. The van der Waals surface area contributed by atoms with Crippen LogP contribution in [-0.2, 0) is 19.1 Å². The summed E-state index contributed by atoms with van der Waals surface area (Å²) in [6, 6.07) is 16.3. The second-order valence-corrected chi connectivity index (χ2v) is 9.12. The zero-order chi connectivity index (χ0) is 25.3. The largest absolute Gasteiger partial charge is 0.480 e. The lowest BCUT2D eigenvalue weighted by atomic mass is 10.2. The molecule has 7 nitrogen and oxygen atoms in total. The Morgan fingerprint density at radius 3 is 2.40 bits per heavy atom. The molecule has 35 heavy (non-hydrogen) atoms. The lowest BCUT2D eigenvalue weighted by molar-refractivity contribution is -0.179. The molecule has 0 saturated carbocycles. The van der Waals surface area contributed by atoms with E-state index in [9.17, 15) is 9.59 Å². The minimum absolute atomic E-state index is 0.103. The van der Waals surface area contributed by atoms with Crippen LogP contribution in [0.2, 0.25) is 0 Å². The van der Waals surface area contributed by atoms with Crippen LogP contribution in [0.1, 0.15) is 46.5 Å². The van der Waals surface area contributed by atoms with Crippen LogP contribution >= 0.6 is 11.8 Å². The molecule has 1 amide bonds. The van der Waals surface area contributed by atoms with E-state index in [0.29, 0.717) is 30.2 Å². The van der Waals surface area contributed by atoms with Crippen molar-refractivity contribution in [1.82, 2.24) is 0 Å². The van der Waals surface area contributed by atoms with Crippen molar-refractivity contribution in [3.8, 4) is 11.5 Å². The van der Waals surface area contributed by atoms with E-state index < -0.39 is 18.4 Å². The molecule has 2 aromatic carbocycles. The van der Waals surface area contributed by atoms with E-state index in [1.807, 2.05) is 30.3 Å². The standard InChI is InChI=1S/C27H37NO6S/c1-4-6-17-31-20-25(33-22-12-8-7-9-13-22)27(32-21(3)29)34-24-15-11-10-14-23(24)28-26(30)16-19-35-18-5-2/h7-15,25,27H,4-6,16-20H2,1-3H3,(H,28,30). The zero-order valence-electron chi connectivity index (χ0n) is 20.9. The fourth-order valence-electron chi connectivity index (χ4n) is 3.05. The number of hydrogen-bond donors (Lipinski definition) is 1. The molecule has 0 aliphatic rings. The van der Waals surface area contributed by atoms with Crippen LogP contribution in [0.5, 0.6) is 11.5 Å². The Hall–Kier alpha value is -2.71. The number of carbonyl (C=O) groups is 2. The molecule has 0 spiro atoms. The highest BCUT2D eigenvalue weighted by Crippen LogP contribution is 2.27. The van der Waals surface area contributed by atoms with Crippen molar-refractivity contribution >= 4 is 29.3 Å². The Balaban J connectivity index is 2.17. The number of para-hydroxylation sites is 3. The summed E-state index contributed by atoms with van der Waals surface area (Å²) in [4.78, 5) is 24.4. The number of rotatable bonds is 17. The molecule has 0 radical (unpaired) electrons. The van der Waals surface area contributed by atoms with E-state index >= 15 is 0 Å². The molecule has 2 aromatic rings. The average Bonchev–Trinajstić information content (AvgIpc) is 2.85.